The summed E-state index contributed by atoms with van der Waals surface area (Å²) in [4.78, 5) is 20.5. The summed E-state index contributed by atoms with van der Waals surface area (Å²) in [7, 11) is -3.43. The Morgan fingerprint density at radius 3 is 2.62 bits per heavy atom. The molecule has 0 aliphatic heterocycles. The largest absolute Gasteiger partial charge is 0.321 e. The van der Waals surface area contributed by atoms with Gasteiger partial charge in [-0.25, -0.2) is 23.1 Å². The Balaban J connectivity index is 1.76. The summed E-state index contributed by atoms with van der Waals surface area (Å²) < 4.78 is 26.7. The highest BCUT2D eigenvalue weighted by Crippen LogP contribution is 2.19. The molecule has 26 heavy (non-hydrogen) atoms. The number of aryl methyl sites for hydroxylation is 1. The van der Waals surface area contributed by atoms with E-state index < -0.39 is 10.0 Å². The molecular weight excluding hydrogens is 356 g/mol. The van der Waals surface area contributed by atoms with Crippen LogP contribution in [0.3, 0.4) is 0 Å². The van der Waals surface area contributed by atoms with Crippen molar-refractivity contribution in [1.82, 2.24) is 19.7 Å². The number of nitrogens with one attached hydrogen (secondary N) is 2. The molecule has 0 radical (unpaired) electrons. The van der Waals surface area contributed by atoms with E-state index in [1.54, 1.807) is 31.2 Å². The lowest BCUT2D eigenvalue weighted by Crippen LogP contribution is -2.15. The summed E-state index contributed by atoms with van der Waals surface area (Å²) in [5.74, 6) is 0.187. The van der Waals surface area contributed by atoms with Gasteiger partial charge in [-0.3, -0.25) is 9.52 Å². The second-order valence-electron chi connectivity index (χ2n) is 5.60. The summed E-state index contributed by atoms with van der Waals surface area (Å²) in [6.07, 6.45) is 5.47. The van der Waals surface area contributed by atoms with Gasteiger partial charge in [-0.2, -0.15) is 5.10 Å². The number of carbonyl (C=O) groups excluding carboxylic acids is 1. The predicted molar refractivity (Wildman–Crippen MR) is 96.8 cm³/mol. The number of rotatable bonds is 5. The molecule has 1 aromatic carbocycles. The van der Waals surface area contributed by atoms with Crippen LogP contribution < -0.4 is 10.0 Å². The zero-order valence-corrected chi connectivity index (χ0v) is 14.9. The van der Waals surface area contributed by atoms with Gasteiger partial charge < -0.3 is 5.32 Å². The SMILES string of the molecule is Cc1ccc(C(=O)Nc2ccc(-n3cncn3)nc2)cc1NS(C)(=O)=O. The lowest BCUT2D eigenvalue weighted by molar-refractivity contribution is 0.102. The van der Waals surface area contributed by atoms with Crippen molar-refractivity contribution in [3.8, 4) is 5.82 Å². The third-order valence-corrected chi connectivity index (χ3v) is 4.05. The fraction of sp³-hybridized carbons (Fsp3) is 0.125. The Hall–Kier alpha value is -3.27. The van der Waals surface area contributed by atoms with E-state index in [1.165, 1.54) is 29.6 Å². The molecule has 0 bridgehead atoms. The van der Waals surface area contributed by atoms with Crippen molar-refractivity contribution in [2.24, 2.45) is 0 Å². The highest BCUT2D eigenvalue weighted by molar-refractivity contribution is 7.92. The van der Waals surface area contributed by atoms with Crippen LogP contribution in [-0.2, 0) is 10.0 Å². The van der Waals surface area contributed by atoms with Crippen LogP contribution in [0.2, 0.25) is 0 Å². The van der Waals surface area contributed by atoms with Gasteiger partial charge in [0, 0.05) is 5.56 Å². The molecular formula is C16H16N6O3S. The molecule has 1 amide bonds. The zero-order chi connectivity index (χ0) is 18.7. The van der Waals surface area contributed by atoms with Crippen molar-refractivity contribution >= 4 is 27.3 Å². The van der Waals surface area contributed by atoms with Gasteiger partial charge in [0.25, 0.3) is 5.91 Å². The molecule has 0 saturated heterocycles. The Labute approximate surface area is 150 Å². The number of sulfonamides is 1. The molecule has 0 atom stereocenters. The molecule has 0 aliphatic carbocycles. The molecule has 134 valence electrons. The van der Waals surface area contributed by atoms with E-state index in [0.717, 1.165) is 6.26 Å². The lowest BCUT2D eigenvalue weighted by Gasteiger charge is -2.10. The number of amides is 1. The fourth-order valence-corrected chi connectivity index (χ4v) is 2.82. The van der Waals surface area contributed by atoms with Gasteiger partial charge >= 0.3 is 0 Å². The molecule has 0 unspecified atom stereocenters. The van der Waals surface area contributed by atoms with Crippen molar-refractivity contribution in [1.29, 1.82) is 0 Å². The van der Waals surface area contributed by atoms with E-state index in [4.69, 9.17) is 0 Å². The number of pyridine rings is 1. The molecule has 9 nitrogen and oxygen atoms in total. The average molecular weight is 372 g/mol. The van der Waals surface area contributed by atoms with Crippen LogP contribution in [0.4, 0.5) is 11.4 Å². The quantitative estimate of drug-likeness (QED) is 0.702. The van der Waals surface area contributed by atoms with E-state index in [-0.39, 0.29) is 5.91 Å². The third kappa shape index (κ3) is 4.22. The van der Waals surface area contributed by atoms with Gasteiger partial charge in [-0.15, -0.1) is 0 Å². The maximum atomic E-state index is 12.4. The van der Waals surface area contributed by atoms with Crippen LogP contribution in [0.1, 0.15) is 15.9 Å². The second kappa shape index (κ2) is 6.92. The minimum Gasteiger partial charge on any atom is -0.321 e. The fourth-order valence-electron chi connectivity index (χ4n) is 2.20. The first-order valence-corrected chi connectivity index (χ1v) is 9.42. The Morgan fingerprint density at radius 2 is 2.00 bits per heavy atom. The van der Waals surface area contributed by atoms with Gasteiger partial charge in [-0.05, 0) is 36.8 Å². The topological polar surface area (TPSA) is 119 Å². The zero-order valence-electron chi connectivity index (χ0n) is 14.0. The van der Waals surface area contributed by atoms with Gasteiger partial charge in [0.1, 0.15) is 12.7 Å². The number of anilines is 2. The number of benzene rings is 1. The number of carbonyl (C=O) groups is 1. The highest BCUT2D eigenvalue weighted by Gasteiger charge is 2.11. The molecule has 2 aromatic heterocycles. The monoisotopic (exact) mass is 372 g/mol. The van der Waals surface area contributed by atoms with Crippen molar-refractivity contribution in [3.63, 3.8) is 0 Å². The average Bonchev–Trinajstić information content (AvgIpc) is 3.11. The summed E-state index contributed by atoms with van der Waals surface area (Å²) in [5, 5.41) is 6.69. The normalized spacial score (nSPS) is 11.2. The van der Waals surface area contributed by atoms with Gasteiger partial charge in [0.05, 0.1) is 23.8 Å². The Kier molecular flexibility index (Phi) is 4.67. The van der Waals surface area contributed by atoms with E-state index in [9.17, 15) is 13.2 Å². The summed E-state index contributed by atoms with van der Waals surface area (Å²) in [6, 6.07) is 8.16. The number of hydrogen-bond donors (Lipinski definition) is 2. The van der Waals surface area contributed by atoms with Crippen molar-refractivity contribution < 1.29 is 13.2 Å². The van der Waals surface area contributed by atoms with E-state index in [2.05, 4.69) is 25.1 Å². The van der Waals surface area contributed by atoms with Crippen LogP contribution in [-0.4, -0.2) is 40.3 Å². The van der Waals surface area contributed by atoms with Crippen LogP contribution in [0.25, 0.3) is 5.82 Å². The summed E-state index contributed by atoms with van der Waals surface area (Å²) in [6.45, 7) is 1.75. The van der Waals surface area contributed by atoms with Crippen molar-refractivity contribution in [3.05, 3.63) is 60.3 Å². The lowest BCUT2D eigenvalue weighted by atomic mass is 10.1. The second-order valence-corrected chi connectivity index (χ2v) is 7.35. The van der Waals surface area contributed by atoms with Crippen LogP contribution >= 0.6 is 0 Å². The maximum Gasteiger partial charge on any atom is 0.255 e. The smallest absolute Gasteiger partial charge is 0.255 e. The molecule has 0 saturated carbocycles. The minimum absolute atomic E-state index is 0.321. The first-order valence-electron chi connectivity index (χ1n) is 7.53. The highest BCUT2D eigenvalue weighted by atomic mass is 32.2. The first-order chi connectivity index (χ1) is 12.3. The number of hydrogen-bond acceptors (Lipinski definition) is 6. The minimum atomic E-state index is -3.43. The molecule has 0 spiro atoms. The number of nitrogens with zero attached hydrogens (tertiary/aromatic N) is 4. The molecule has 3 rings (SSSR count). The number of aromatic nitrogens is 4. The molecule has 10 heteroatoms. The molecule has 0 fully saturated rings. The maximum absolute atomic E-state index is 12.4. The standard InChI is InChI=1S/C16H16N6O3S/c1-11-3-4-12(7-14(11)21-26(2,24)25)16(23)20-13-5-6-15(18-8-13)22-10-17-9-19-22/h3-10,21H,1-2H3,(H,20,23). The van der Waals surface area contributed by atoms with Crippen LogP contribution in [0.5, 0.6) is 0 Å². The van der Waals surface area contributed by atoms with Gasteiger partial charge in [0.2, 0.25) is 10.0 Å². The van der Waals surface area contributed by atoms with E-state index >= 15 is 0 Å². The molecule has 3 aromatic rings. The van der Waals surface area contributed by atoms with Gasteiger partial charge in [0.15, 0.2) is 5.82 Å². The Bertz CT molecular complexity index is 1030. The van der Waals surface area contributed by atoms with Crippen molar-refractivity contribution in [2.45, 2.75) is 6.92 Å². The van der Waals surface area contributed by atoms with Crippen molar-refractivity contribution in [2.75, 3.05) is 16.3 Å². The van der Waals surface area contributed by atoms with Crippen LogP contribution in [0.15, 0.2) is 49.2 Å². The molecule has 2 heterocycles. The molecule has 0 aliphatic rings. The first kappa shape index (κ1) is 17.5. The summed E-state index contributed by atoms with van der Waals surface area (Å²) in [5.41, 5.74) is 1.89. The Morgan fingerprint density at radius 1 is 1.19 bits per heavy atom. The van der Waals surface area contributed by atoms with Crippen LogP contribution in [0, 0.1) is 6.92 Å². The molecule has 2 N–H and O–H groups in total. The summed E-state index contributed by atoms with van der Waals surface area (Å²) >= 11 is 0. The third-order valence-electron chi connectivity index (χ3n) is 3.45. The van der Waals surface area contributed by atoms with Gasteiger partial charge in [-0.1, -0.05) is 6.07 Å². The van der Waals surface area contributed by atoms with E-state index in [1.807, 2.05) is 0 Å². The predicted octanol–water partition coefficient (Wildman–Crippen LogP) is 1.59. The van der Waals surface area contributed by atoms with E-state index in [0.29, 0.717) is 28.3 Å².